The van der Waals surface area contributed by atoms with Crippen molar-refractivity contribution in [3.05, 3.63) is 80.1 Å². The molecular weight excluding hydrogens is 330 g/mol. The van der Waals surface area contributed by atoms with Crippen LogP contribution in [0.15, 0.2) is 58.1 Å². The third-order valence-corrected chi connectivity index (χ3v) is 4.17. The Bertz CT molecular complexity index is 1020. The third-order valence-electron chi connectivity index (χ3n) is 4.17. The van der Waals surface area contributed by atoms with Crippen molar-refractivity contribution in [1.29, 1.82) is 5.26 Å². The molecule has 0 aliphatic rings. The quantitative estimate of drug-likeness (QED) is 0.666. The Morgan fingerprint density at radius 2 is 1.58 bits per heavy atom. The van der Waals surface area contributed by atoms with E-state index in [2.05, 4.69) is 10.6 Å². The summed E-state index contributed by atoms with van der Waals surface area (Å²) in [7, 11) is 1.60. The molecule has 6 nitrogen and oxygen atoms in total. The molecule has 0 heterocycles. The van der Waals surface area contributed by atoms with E-state index in [4.69, 9.17) is 10.00 Å². The second kappa shape index (κ2) is 7.11. The van der Waals surface area contributed by atoms with Crippen LogP contribution >= 0.6 is 0 Å². The van der Waals surface area contributed by atoms with Gasteiger partial charge in [-0.15, -0.1) is 0 Å². The highest BCUT2D eigenvalue weighted by Crippen LogP contribution is 2.26. The van der Waals surface area contributed by atoms with Crippen LogP contribution < -0.4 is 26.2 Å². The molecule has 0 spiro atoms. The molecule has 130 valence electrons. The fourth-order valence-corrected chi connectivity index (χ4v) is 2.61. The first-order valence-corrected chi connectivity index (χ1v) is 8.04. The highest BCUT2D eigenvalue weighted by atomic mass is 16.5. The van der Waals surface area contributed by atoms with Crippen molar-refractivity contribution in [3.8, 4) is 11.8 Å². The molecule has 3 rings (SSSR count). The third kappa shape index (κ3) is 3.28. The zero-order chi connectivity index (χ0) is 18.7. The van der Waals surface area contributed by atoms with Gasteiger partial charge in [0.05, 0.1) is 18.7 Å². The Morgan fingerprint density at radius 3 is 2.15 bits per heavy atom. The number of hydrogen-bond acceptors (Lipinski definition) is 6. The Morgan fingerprint density at radius 1 is 0.962 bits per heavy atom. The Balaban J connectivity index is 1.78. The van der Waals surface area contributed by atoms with Crippen molar-refractivity contribution in [3.63, 3.8) is 0 Å². The van der Waals surface area contributed by atoms with E-state index in [1.807, 2.05) is 37.3 Å². The molecule has 1 unspecified atom stereocenters. The van der Waals surface area contributed by atoms with Crippen molar-refractivity contribution in [2.45, 2.75) is 13.0 Å². The van der Waals surface area contributed by atoms with Gasteiger partial charge in [-0.1, -0.05) is 12.1 Å². The molecule has 6 heteroatoms. The fourth-order valence-electron chi connectivity index (χ4n) is 2.61. The summed E-state index contributed by atoms with van der Waals surface area (Å²) in [6, 6.07) is 16.0. The van der Waals surface area contributed by atoms with Crippen LogP contribution in [0, 0.1) is 11.3 Å². The highest BCUT2D eigenvalue weighted by molar-refractivity contribution is 5.79. The molecule has 1 atom stereocenters. The molecule has 0 aliphatic heterocycles. The van der Waals surface area contributed by atoms with Crippen LogP contribution in [-0.2, 0) is 0 Å². The minimum absolute atomic E-state index is 0.161. The van der Waals surface area contributed by atoms with Crippen molar-refractivity contribution in [2.24, 2.45) is 0 Å². The van der Waals surface area contributed by atoms with Gasteiger partial charge < -0.3 is 15.4 Å². The number of ether oxygens (including phenoxy) is 1. The van der Waals surface area contributed by atoms with Crippen LogP contribution in [0.4, 0.5) is 17.1 Å². The predicted molar refractivity (Wildman–Crippen MR) is 101 cm³/mol. The Hall–Kier alpha value is -3.59. The number of hydrogen-bond donors (Lipinski definition) is 2. The van der Waals surface area contributed by atoms with Crippen LogP contribution in [0.3, 0.4) is 0 Å². The topological polar surface area (TPSA) is 91.2 Å². The number of nitriles is 1. The van der Waals surface area contributed by atoms with Gasteiger partial charge in [0.15, 0.2) is 0 Å². The first-order valence-electron chi connectivity index (χ1n) is 8.04. The lowest BCUT2D eigenvalue weighted by atomic mass is 10.1. The monoisotopic (exact) mass is 347 g/mol. The molecule has 0 fully saturated rings. The van der Waals surface area contributed by atoms with Gasteiger partial charge in [0.2, 0.25) is 0 Å². The minimum Gasteiger partial charge on any atom is -0.497 e. The van der Waals surface area contributed by atoms with Crippen molar-refractivity contribution in [2.75, 3.05) is 17.7 Å². The van der Waals surface area contributed by atoms with E-state index in [9.17, 15) is 9.59 Å². The molecule has 2 N–H and O–H groups in total. The van der Waals surface area contributed by atoms with E-state index in [0.29, 0.717) is 11.3 Å². The van der Waals surface area contributed by atoms with Crippen LogP contribution in [0.1, 0.15) is 24.1 Å². The Labute approximate surface area is 150 Å². The normalized spacial score (nSPS) is 11.6. The Kier molecular flexibility index (Phi) is 4.72. The summed E-state index contributed by atoms with van der Waals surface area (Å²) in [6.07, 6.45) is 0. The van der Waals surface area contributed by atoms with Gasteiger partial charge in [-0.25, -0.2) is 0 Å². The van der Waals surface area contributed by atoms with E-state index in [0.717, 1.165) is 11.3 Å². The van der Waals surface area contributed by atoms with Gasteiger partial charge in [-0.05, 0) is 48.9 Å². The molecule has 0 bridgehead atoms. The summed E-state index contributed by atoms with van der Waals surface area (Å²) in [6.45, 7) is 1.91. The summed E-state index contributed by atoms with van der Waals surface area (Å²) in [5, 5.41) is 14.9. The maximum atomic E-state index is 12.0. The average Bonchev–Trinajstić information content (AvgIpc) is 2.70. The molecule has 0 saturated carbocycles. The van der Waals surface area contributed by atoms with E-state index in [-0.39, 0.29) is 17.4 Å². The molecule has 0 saturated heterocycles. The van der Waals surface area contributed by atoms with Crippen molar-refractivity contribution < 1.29 is 4.74 Å². The summed E-state index contributed by atoms with van der Waals surface area (Å²) in [5.41, 5.74) is 1.52. The first-order chi connectivity index (χ1) is 12.5. The predicted octanol–water partition coefficient (Wildman–Crippen LogP) is 3.08. The smallest absolute Gasteiger partial charge is 0.253 e. The summed E-state index contributed by atoms with van der Waals surface area (Å²) in [5.74, 6) is 0.748. The molecule has 26 heavy (non-hydrogen) atoms. The van der Waals surface area contributed by atoms with Crippen LogP contribution in [0.25, 0.3) is 0 Å². The van der Waals surface area contributed by atoms with Crippen LogP contribution in [0.5, 0.6) is 5.75 Å². The lowest BCUT2D eigenvalue weighted by Gasteiger charge is -2.20. The standard InChI is InChI=1S/C20H17N3O3/c1-12(14-5-9-16(26-2)10-6-14)22-17-18(20(25)19(17)24)23-15-7-3-13(11-21)4-8-15/h3-10,12,22-23H,1-2H3. The number of benzene rings is 2. The highest BCUT2D eigenvalue weighted by Gasteiger charge is 2.22. The largest absolute Gasteiger partial charge is 0.497 e. The molecule has 0 amide bonds. The van der Waals surface area contributed by atoms with E-state index in [1.54, 1.807) is 31.4 Å². The molecule has 3 aromatic rings. The minimum atomic E-state index is -0.557. The van der Waals surface area contributed by atoms with E-state index >= 15 is 0 Å². The zero-order valence-corrected chi connectivity index (χ0v) is 14.4. The first kappa shape index (κ1) is 17.2. The summed E-state index contributed by atoms with van der Waals surface area (Å²) >= 11 is 0. The van der Waals surface area contributed by atoms with Crippen LogP contribution in [-0.4, -0.2) is 7.11 Å². The summed E-state index contributed by atoms with van der Waals surface area (Å²) in [4.78, 5) is 23.9. The molecule has 3 aromatic carbocycles. The van der Waals surface area contributed by atoms with Crippen LogP contribution in [0.2, 0.25) is 0 Å². The van der Waals surface area contributed by atoms with Gasteiger partial charge in [-0.2, -0.15) is 5.26 Å². The van der Waals surface area contributed by atoms with Gasteiger partial charge in [0.1, 0.15) is 17.1 Å². The zero-order valence-electron chi connectivity index (χ0n) is 14.4. The lowest BCUT2D eigenvalue weighted by molar-refractivity contribution is 0.414. The molecule has 0 aliphatic carbocycles. The van der Waals surface area contributed by atoms with E-state index < -0.39 is 10.9 Å². The van der Waals surface area contributed by atoms with Gasteiger partial charge in [-0.3, -0.25) is 9.59 Å². The number of nitrogens with one attached hydrogen (secondary N) is 2. The number of methoxy groups -OCH3 is 1. The lowest BCUT2D eigenvalue weighted by Crippen LogP contribution is -2.37. The van der Waals surface area contributed by atoms with Crippen molar-refractivity contribution in [1.82, 2.24) is 0 Å². The summed E-state index contributed by atoms with van der Waals surface area (Å²) < 4.78 is 5.13. The number of nitrogens with zero attached hydrogens (tertiary/aromatic N) is 1. The van der Waals surface area contributed by atoms with Gasteiger partial charge in [0.25, 0.3) is 10.9 Å². The molecular formula is C20H17N3O3. The number of anilines is 3. The maximum Gasteiger partial charge on any atom is 0.253 e. The molecule has 0 aromatic heterocycles. The number of rotatable bonds is 6. The average molecular weight is 347 g/mol. The second-order valence-corrected chi connectivity index (χ2v) is 5.86. The second-order valence-electron chi connectivity index (χ2n) is 5.86. The SMILES string of the molecule is COc1ccc(C(C)Nc2c(Nc3ccc(C#N)cc3)c(=O)c2=O)cc1. The van der Waals surface area contributed by atoms with Gasteiger partial charge in [0, 0.05) is 11.7 Å². The fraction of sp³-hybridized carbons (Fsp3) is 0.150. The molecule has 0 radical (unpaired) electrons. The van der Waals surface area contributed by atoms with Crippen molar-refractivity contribution >= 4 is 17.1 Å². The van der Waals surface area contributed by atoms with E-state index in [1.165, 1.54) is 0 Å². The maximum absolute atomic E-state index is 12.0. The van der Waals surface area contributed by atoms with Gasteiger partial charge >= 0.3 is 0 Å².